The van der Waals surface area contributed by atoms with E-state index < -0.39 is 0 Å². The van der Waals surface area contributed by atoms with E-state index in [1.54, 1.807) is 31.2 Å². The molecule has 2 nitrogen and oxygen atoms in total. The molecule has 17 heavy (non-hydrogen) atoms. The highest BCUT2D eigenvalue weighted by atomic mass is 16.1. The fourth-order valence-electron chi connectivity index (χ4n) is 1.86. The number of hydrogen-bond acceptors (Lipinski definition) is 2. The smallest absolute Gasteiger partial charge is 0.181 e. The van der Waals surface area contributed by atoms with Gasteiger partial charge < -0.3 is 0 Å². The van der Waals surface area contributed by atoms with Gasteiger partial charge in [-0.1, -0.05) is 19.1 Å². The van der Waals surface area contributed by atoms with Crippen LogP contribution in [0.1, 0.15) is 20.3 Å². The van der Waals surface area contributed by atoms with E-state index in [1.807, 2.05) is 19.1 Å². The predicted octanol–water partition coefficient (Wildman–Crippen LogP) is 2.84. The first-order chi connectivity index (χ1) is 8.11. The van der Waals surface area contributed by atoms with Crippen LogP contribution >= 0.6 is 0 Å². The molecule has 0 aromatic rings. The van der Waals surface area contributed by atoms with Crippen molar-refractivity contribution in [1.82, 2.24) is 0 Å². The Morgan fingerprint density at radius 2 is 1.47 bits per heavy atom. The number of carbonyl (C=O) groups is 2. The summed E-state index contributed by atoms with van der Waals surface area (Å²) >= 11 is 0. The Labute approximate surface area is 101 Å². The van der Waals surface area contributed by atoms with Crippen LogP contribution in [-0.4, -0.2) is 11.6 Å². The largest absolute Gasteiger partial charge is 0.290 e. The second-order valence-corrected chi connectivity index (χ2v) is 4.16. The van der Waals surface area contributed by atoms with Crippen molar-refractivity contribution in [3.63, 3.8) is 0 Å². The summed E-state index contributed by atoms with van der Waals surface area (Å²) in [5.74, 6) is 0.123. The maximum atomic E-state index is 11.5. The molecule has 2 aliphatic carbocycles. The van der Waals surface area contributed by atoms with Crippen LogP contribution in [0.4, 0.5) is 0 Å². The second kappa shape index (κ2) is 4.50. The second-order valence-electron chi connectivity index (χ2n) is 4.16. The summed E-state index contributed by atoms with van der Waals surface area (Å²) in [7, 11) is 0. The van der Waals surface area contributed by atoms with Gasteiger partial charge in [-0.05, 0) is 59.9 Å². The highest BCUT2D eigenvalue weighted by Crippen LogP contribution is 2.23. The van der Waals surface area contributed by atoms with Crippen LogP contribution in [0.15, 0.2) is 58.7 Å². The zero-order valence-electron chi connectivity index (χ0n) is 9.99. The Hall–Kier alpha value is -1.96. The molecule has 2 aliphatic rings. The molecule has 0 saturated carbocycles. The van der Waals surface area contributed by atoms with Crippen LogP contribution in [0.25, 0.3) is 0 Å². The lowest BCUT2D eigenvalue weighted by Gasteiger charge is -2.12. The Morgan fingerprint density at radius 3 is 2.06 bits per heavy atom. The first-order valence-corrected chi connectivity index (χ1v) is 5.69. The maximum absolute atomic E-state index is 11.5. The van der Waals surface area contributed by atoms with Crippen molar-refractivity contribution in [3.05, 3.63) is 58.7 Å². The van der Waals surface area contributed by atoms with Crippen molar-refractivity contribution in [2.75, 3.05) is 0 Å². The van der Waals surface area contributed by atoms with Crippen LogP contribution in [0.2, 0.25) is 0 Å². The SMILES string of the molecule is CCC1=CC(=C2C=CC(=O)C(C)=C2)C=CC1=O. The van der Waals surface area contributed by atoms with E-state index in [9.17, 15) is 9.59 Å². The van der Waals surface area contributed by atoms with Crippen LogP contribution < -0.4 is 0 Å². The van der Waals surface area contributed by atoms with Gasteiger partial charge in [-0.15, -0.1) is 0 Å². The average Bonchev–Trinajstić information content (AvgIpc) is 2.33. The molecule has 0 spiro atoms. The quantitative estimate of drug-likeness (QED) is 0.689. The first-order valence-electron chi connectivity index (χ1n) is 5.69. The highest BCUT2D eigenvalue weighted by Gasteiger charge is 2.13. The number of carbonyl (C=O) groups excluding carboxylic acids is 2. The molecule has 2 heteroatoms. The van der Waals surface area contributed by atoms with Crippen LogP contribution in [-0.2, 0) is 9.59 Å². The third kappa shape index (κ3) is 2.26. The number of ketones is 2. The third-order valence-electron chi connectivity index (χ3n) is 2.95. The van der Waals surface area contributed by atoms with Gasteiger partial charge in [0.15, 0.2) is 11.6 Å². The van der Waals surface area contributed by atoms with Crippen LogP contribution in [0, 0.1) is 0 Å². The molecule has 86 valence electrons. The van der Waals surface area contributed by atoms with Gasteiger partial charge in [0, 0.05) is 0 Å². The minimum atomic E-state index is 0.0462. The van der Waals surface area contributed by atoms with Gasteiger partial charge in [-0.3, -0.25) is 9.59 Å². The molecule has 0 amide bonds. The third-order valence-corrected chi connectivity index (χ3v) is 2.95. The van der Waals surface area contributed by atoms with E-state index in [0.29, 0.717) is 0 Å². The lowest BCUT2D eigenvalue weighted by molar-refractivity contribution is -0.112. The molecule has 0 aromatic heterocycles. The predicted molar refractivity (Wildman–Crippen MR) is 67.5 cm³/mol. The molecule has 0 aromatic carbocycles. The molecule has 2 rings (SSSR count). The van der Waals surface area contributed by atoms with Crippen LogP contribution in [0.3, 0.4) is 0 Å². The van der Waals surface area contributed by atoms with Crippen molar-refractivity contribution >= 4 is 11.6 Å². The van der Waals surface area contributed by atoms with E-state index in [-0.39, 0.29) is 11.6 Å². The van der Waals surface area contributed by atoms with Gasteiger partial charge in [-0.2, -0.15) is 0 Å². The van der Waals surface area contributed by atoms with Gasteiger partial charge >= 0.3 is 0 Å². The summed E-state index contributed by atoms with van der Waals surface area (Å²) in [5, 5.41) is 0. The Morgan fingerprint density at radius 1 is 0.882 bits per heavy atom. The van der Waals surface area contributed by atoms with Crippen molar-refractivity contribution < 1.29 is 9.59 Å². The number of allylic oxidation sites excluding steroid dienone is 10. The van der Waals surface area contributed by atoms with E-state index in [0.717, 1.165) is 28.7 Å². The summed E-state index contributed by atoms with van der Waals surface area (Å²) in [4.78, 5) is 22.8. The maximum Gasteiger partial charge on any atom is 0.181 e. The topological polar surface area (TPSA) is 34.1 Å². The average molecular weight is 226 g/mol. The minimum Gasteiger partial charge on any atom is -0.290 e. The van der Waals surface area contributed by atoms with Crippen LogP contribution in [0.5, 0.6) is 0 Å². The monoisotopic (exact) mass is 226 g/mol. The lowest BCUT2D eigenvalue weighted by Crippen LogP contribution is -2.05. The molecule has 0 aliphatic heterocycles. The summed E-state index contributed by atoms with van der Waals surface area (Å²) < 4.78 is 0. The molecule has 0 fully saturated rings. The minimum absolute atomic E-state index is 0.0462. The summed E-state index contributed by atoms with van der Waals surface area (Å²) in [6, 6.07) is 0. The summed E-state index contributed by atoms with van der Waals surface area (Å²) in [6.07, 6.45) is 11.3. The molecule has 0 heterocycles. The summed E-state index contributed by atoms with van der Waals surface area (Å²) in [5.41, 5.74) is 3.51. The molecule has 0 saturated heterocycles. The van der Waals surface area contributed by atoms with Gasteiger partial charge in [-0.25, -0.2) is 0 Å². The van der Waals surface area contributed by atoms with Gasteiger partial charge in [0.2, 0.25) is 0 Å². The van der Waals surface area contributed by atoms with Crippen molar-refractivity contribution in [1.29, 1.82) is 0 Å². The molecule has 0 unspecified atom stereocenters. The molecule has 0 N–H and O–H groups in total. The molecule has 0 atom stereocenters. The van der Waals surface area contributed by atoms with E-state index in [2.05, 4.69) is 0 Å². The van der Waals surface area contributed by atoms with Crippen molar-refractivity contribution in [3.8, 4) is 0 Å². The van der Waals surface area contributed by atoms with Gasteiger partial charge in [0.1, 0.15) is 0 Å². The van der Waals surface area contributed by atoms with Gasteiger partial charge in [0.25, 0.3) is 0 Å². The number of rotatable bonds is 1. The summed E-state index contributed by atoms with van der Waals surface area (Å²) in [6.45, 7) is 3.76. The number of hydrogen-bond donors (Lipinski definition) is 0. The van der Waals surface area contributed by atoms with E-state index in [4.69, 9.17) is 0 Å². The first kappa shape index (κ1) is 11.5. The van der Waals surface area contributed by atoms with Gasteiger partial charge in [0.05, 0.1) is 0 Å². The fourth-order valence-corrected chi connectivity index (χ4v) is 1.86. The van der Waals surface area contributed by atoms with Crippen molar-refractivity contribution in [2.45, 2.75) is 20.3 Å². The lowest BCUT2D eigenvalue weighted by atomic mass is 9.92. The zero-order chi connectivity index (χ0) is 12.4. The fraction of sp³-hybridized carbons (Fsp3) is 0.200. The zero-order valence-corrected chi connectivity index (χ0v) is 9.99. The standard InChI is InChI=1S/C15H14O2/c1-3-11-9-13(5-7-15(11)17)12-4-6-14(16)10(2)8-12/h4-9H,3H2,1-2H3. The van der Waals surface area contributed by atoms with Crippen molar-refractivity contribution in [2.24, 2.45) is 0 Å². The molecule has 0 bridgehead atoms. The molecular weight excluding hydrogens is 212 g/mol. The Bertz CT molecular complexity index is 537. The molecule has 0 radical (unpaired) electrons. The highest BCUT2D eigenvalue weighted by molar-refractivity contribution is 6.07. The van der Waals surface area contributed by atoms with E-state index >= 15 is 0 Å². The normalized spacial score (nSPS) is 23.9. The molecular formula is C15H14O2. The Kier molecular flexibility index (Phi) is 3.05. The van der Waals surface area contributed by atoms with E-state index in [1.165, 1.54) is 0 Å². The Balaban J connectivity index is 2.45.